The number of benzene rings is 2. The molecule has 0 saturated carbocycles. The number of amides is 1. The summed E-state index contributed by atoms with van der Waals surface area (Å²) in [6.45, 7) is 3.77. The first-order valence-corrected chi connectivity index (χ1v) is 15.6. The van der Waals surface area contributed by atoms with Gasteiger partial charge >= 0.3 is 8.05 Å². The lowest BCUT2D eigenvalue weighted by Gasteiger charge is -2.23. The minimum atomic E-state index is -0.750. The maximum Gasteiger partial charge on any atom is 0.374 e. The van der Waals surface area contributed by atoms with E-state index in [1.807, 2.05) is 17.6 Å². The van der Waals surface area contributed by atoms with Gasteiger partial charge in [0.1, 0.15) is 52.2 Å². The van der Waals surface area contributed by atoms with Crippen molar-refractivity contribution in [2.45, 2.75) is 26.3 Å². The number of ether oxygens (including phenoxy) is 1. The van der Waals surface area contributed by atoms with E-state index in [4.69, 9.17) is 46.7 Å². The molecule has 10 nitrogen and oxygen atoms in total. The molecule has 3 aromatic heterocycles. The minimum Gasteiger partial charge on any atom is -0.566 e. The van der Waals surface area contributed by atoms with Gasteiger partial charge in [-0.15, -0.1) is 0 Å². The van der Waals surface area contributed by atoms with E-state index in [0.717, 1.165) is 24.5 Å². The monoisotopic (exact) mass is 661 g/mol. The van der Waals surface area contributed by atoms with Crippen molar-refractivity contribution in [2.75, 3.05) is 24.3 Å². The van der Waals surface area contributed by atoms with E-state index >= 15 is 4.39 Å². The number of carbonyl (C=O) groups excluding carboxylic acids is 1. The first kappa shape index (κ1) is 34.6. The van der Waals surface area contributed by atoms with Crippen molar-refractivity contribution in [2.24, 2.45) is 5.92 Å². The zero-order valence-corrected chi connectivity index (χ0v) is 27.1. The summed E-state index contributed by atoms with van der Waals surface area (Å²) >= 11 is 0. The first-order valence-electron chi connectivity index (χ1n) is 15.6. The highest BCUT2D eigenvalue weighted by Crippen LogP contribution is 2.33. The smallest absolute Gasteiger partial charge is 0.374 e. The molecule has 2 aromatic carbocycles. The number of aryl methyl sites for hydroxylation is 1. The normalized spacial score (nSPS) is 13.2. The SMILES string of the molecule is [B]Oc1c([B])c(-c2cnc(N)c(-c3ccc(NC(=O)c4cn(CC5CCOCC5)cc(-c5ccc(C)cn5)c4=O)cc3F)c2)c([B])c([B])c1O. The van der Waals surface area contributed by atoms with Gasteiger partial charge < -0.3 is 30.1 Å². The number of phenols is 1. The van der Waals surface area contributed by atoms with Gasteiger partial charge in [0.2, 0.25) is 5.43 Å². The highest BCUT2D eigenvalue weighted by Gasteiger charge is 2.22. The zero-order valence-electron chi connectivity index (χ0n) is 27.1. The van der Waals surface area contributed by atoms with E-state index in [1.165, 1.54) is 30.6 Å². The topological polar surface area (TPSA) is 142 Å². The fourth-order valence-corrected chi connectivity index (χ4v) is 5.97. The summed E-state index contributed by atoms with van der Waals surface area (Å²) in [5.41, 5.74) is 7.47. The summed E-state index contributed by atoms with van der Waals surface area (Å²) in [5.74, 6) is -2.01. The molecule has 1 aliphatic rings. The Morgan fingerprint density at radius 3 is 2.48 bits per heavy atom. The summed E-state index contributed by atoms with van der Waals surface area (Å²) in [5, 5.41) is 12.9. The van der Waals surface area contributed by atoms with Crippen LogP contribution in [-0.2, 0) is 11.3 Å². The number of hydrogen-bond donors (Lipinski definition) is 3. The molecular weight excluding hydrogens is 633 g/mol. The number of phenolic OH excluding ortho intramolecular Hbond substituents is 1. The number of anilines is 2. The minimum absolute atomic E-state index is 0.0183. The largest absolute Gasteiger partial charge is 0.566 e. The molecule has 4 heterocycles. The van der Waals surface area contributed by atoms with Gasteiger partial charge in [0.05, 0.1) is 11.3 Å². The highest BCUT2D eigenvalue weighted by atomic mass is 19.1. The van der Waals surface area contributed by atoms with Crippen LogP contribution in [0.5, 0.6) is 11.5 Å². The van der Waals surface area contributed by atoms with E-state index in [0.29, 0.717) is 31.4 Å². The molecule has 5 aromatic rings. The summed E-state index contributed by atoms with van der Waals surface area (Å²) in [7, 11) is 23.6. The molecule has 0 aliphatic carbocycles. The summed E-state index contributed by atoms with van der Waals surface area (Å²) < 4.78 is 27.8. The summed E-state index contributed by atoms with van der Waals surface area (Å²) in [6.07, 6.45) is 7.94. The molecular formula is C35H28B4FN5O5. The van der Waals surface area contributed by atoms with Crippen LogP contribution in [-0.4, -0.2) is 70.4 Å². The number of hydrogen-bond acceptors (Lipinski definition) is 8. The van der Waals surface area contributed by atoms with Gasteiger partial charge in [-0.1, -0.05) is 17.0 Å². The summed E-state index contributed by atoms with van der Waals surface area (Å²) in [4.78, 5) is 35.9. The Kier molecular flexibility index (Phi) is 9.88. The van der Waals surface area contributed by atoms with Gasteiger partial charge in [0.15, 0.2) is 0 Å². The van der Waals surface area contributed by atoms with Crippen molar-refractivity contribution in [1.29, 1.82) is 0 Å². The van der Waals surface area contributed by atoms with Crippen LogP contribution in [0, 0.1) is 18.7 Å². The van der Waals surface area contributed by atoms with Crippen LogP contribution in [0.2, 0.25) is 0 Å². The molecule has 6 rings (SSSR count). The maximum absolute atomic E-state index is 15.8. The predicted octanol–water partition coefficient (Wildman–Crippen LogP) is 1.90. The van der Waals surface area contributed by atoms with Crippen molar-refractivity contribution in [3.63, 3.8) is 0 Å². The van der Waals surface area contributed by atoms with E-state index in [9.17, 15) is 14.7 Å². The molecule has 1 fully saturated rings. The lowest BCUT2D eigenvalue weighted by atomic mass is 9.70. The molecule has 0 atom stereocenters. The van der Waals surface area contributed by atoms with Crippen LogP contribution in [0.3, 0.4) is 0 Å². The van der Waals surface area contributed by atoms with Crippen LogP contribution in [0.1, 0.15) is 28.8 Å². The van der Waals surface area contributed by atoms with Gasteiger partial charge in [-0.3, -0.25) is 14.6 Å². The molecule has 0 spiro atoms. The number of nitrogen functional groups attached to an aromatic ring is 1. The molecule has 242 valence electrons. The van der Waals surface area contributed by atoms with Crippen LogP contribution < -0.4 is 37.5 Å². The Balaban J connectivity index is 1.33. The summed E-state index contributed by atoms with van der Waals surface area (Å²) in [6, 6.07) is 9.05. The second-order valence-electron chi connectivity index (χ2n) is 12.1. The third kappa shape index (κ3) is 6.78. The van der Waals surface area contributed by atoms with E-state index < -0.39 is 22.9 Å². The second-order valence-corrected chi connectivity index (χ2v) is 12.1. The first-order chi connectivity index (χ1) is 24.0. The van der Waals surface area contributed by atoms with Gasteiger partial charge in [-0.05, 0) is 78.2 Å². The van der Waals surface area contributed by atoms with Crippen molar-refractivity contribution in [3.8, 4) is 45.0 Å². The third-order valence-corrected chi connectivity index (χ3v) is 8.71. The predicted molar refractivity (Wildman–Crippen MR) is 194 cm³/mol. The average Bonchev–Trinajstić information content (AvgIpc) is 3.10. The lowest BCUT2D eigenvalue weighted by molar-refractivity contribution is 0.0612. The van der Waals surface area contributed by atoms with Crippen LogP contribution in [0.25, 0.3) is 33.5 Å². The molecule has 50 heavy (non-hydrogen) atoms. The molecule has 1 saturated heterocycles. The molecule has 8 radical (unpaired) electrons. The van der Waals surface area contributed by atoms with E-state index in [2.05, 4.69) is 15.3 Å². The molecule has 15 heteroatoms. The quantitative estimate of drug-likeness (QED) is 0.215. The van der Waals surface area contributed by atoms with Gasteiger partial charge in [0.25, 0.3) is 5.91 Å². The van der Waals surface area contributed by atoms with Gasteiger partial charge in [-0.2, -0.15) is 0 Å². The number of aromatic hydroxyl groups is 1. The van der Waals surface area contributed by atoms with E-state index in [1.54, 1.807) is 18.5 Å². The maximum atomic E-state index is 15.8. The average molecular weight is 661 g/mol. The van der Waals surface area contributed by atoms with Crippen molar-refractivity contribution >= 4 is 65.4 Å². The molecule has 0 bridgehead atoms. The number of carbonyl (C=O) groups is 1. The molecule has 4 N–H and O–H groups in total. The number of nitrogens with one attached hydrogen (secondary N) is 1. The fraction of sp³-hybridized carbons (Fsp3) is 0.200. The molecule has 1 amide bonds. The Morgan fingerprint density at radius 2 is 1.80 bits per heavy atom. The van der Waals surface area contributed by atoms with Crippen molar-refractivity contribution in [3.05, 3.63) is 88.4 Å². The number of pyridine rings is 3. The van der Waals surface area contributed by atoms with E-state index in [-0.39, 0.29) is 67.0 Å². The number of nitrogens with zero attached hydrogens (tertiary/aromatic N) is 3. The van der Waals surface area contributed by atoms with Crippen LogP contribution in [0.4, 0.5) is 15.9 Å². The van der Waals surface area contributed by atoms with Crippen molar-refractivity contribution in [1.82, 2.24) is 14.5 Å². The standard InChI is InChI=1S/C35H28B4FN5O5/c1-17-2-5-26(42-12-17)23-15-45(14-18-6-8-49-9-7-18)16-24(31(23)46)35(48)44-20-3-4-21(25(40)11-20)22-10-19(13-43-34(22)41)27-28(36)30(38)32(47)33(50-39)29(27)37/h2-5,10-13,15-16,18,47H,6-9,14H2,1H3,(H2,41,43)(H,44,48). The van der Waals surface area contributed by atoms with Gasteiger partial charge in [-0.25, -0.2) is 9.37 Å². The van der Waals surface area contributed by atoms with Crippen molar-refractivity contribution < 1.29 is 23.7 Å². The van der Waals surface area contributed by atoms with Gasteiger partial charge in [0, 0.05) is 61.4 Å². The number of halogens is 1. The second kappa shape index (κ2) is 14.3. The Bertz CT molecular complexity index is 2180. The number of aromatic nitrogens is 3. The Labute approximate surface area is 292 Å². The number of nitrogens with two attached hydrogens (primary N) is 1. The third-order valence-electron chi connectivity index (χ3n) is 8.71. The highest BCUT2D eigenvalue weighted by molar-refractivity contribution is 6.56. The Morgan fingerprint density at radius 1 is 1.04 bits per heavy atom. The van der Waals surface area contributed by atoms with Crippen LogP contribution in [0.15, 0.2) is 66.0 Å². The number of rotatable bonds is 8. The molecule has 1 aliphatic heterocycles. The lowest BCUT2D eigenvalue weighted by Crippen LogP contribution is -2.34. The zero-order chi connectivity index (χ0) is 35.7. The molecule has 0 unspecified atom stereocenters. The fourth-order valence-electron chi connectivity index (χ4n) is 5.97. The van der Waals surface area contributed by atoms with Crippen LogP contribution >= 0.6 is 0 Å². The Hall–Kier alpha value is -5.29.